The minimum Gasteiger partial charge on any atom is -0.345 e. The van der Waals surface area contributed by atoms with Gasteiger partial charge in [0, 0.05) is 36.0 Å². The maximum absolute atomic E-state index is 14.7. The Morgan fingerprint density at radius 3 is 2.72 bits per heavy atom. The number of aliphatic imine (C=N–C) groups is 1. The Balaban J connectivity index is 1.93. The Morgan fingerprint density at radius 2 is 2.04 bits per heavy atom. The van der Waals surface area contributed by atoms with Gasteiger partial charge in [-0.15, -0.1) is 0 Å². The standard InChI is InChI=1S/C20H25FN4/c1-4-14-7-6-8-18(19(14)21)15-9-16(10-22-3)20(24-11-15)25-12-17(13-25)23-5-2/h6-9,11,22H,4-5,10,12-13H2,1-3H3. The van der Waals surface area contributed by atoms with Crippen LogP contribution in [-0.2, 0) is 13.0 Å². The van der Waals surface area contributed by atoms with Crippen LogP contribution in [0.3, 0.4) is 0 Å². The molecule has 3 rings (SSSR count). The van der Waals surface area contributed by atoms with Crippen molar-refractivity contribution in [3.63, 3.8) is 0 Å². The van der Waals surface area contributed by atoms with Crippen molar-refractivity contribution < 1.29 is 4.39 Å². The average Bonchev–Trinajstić information content (AvgIpc) is 2.59. The zero-order valence-corrected chi connectivity index (χ0v) is 15.1. The van der Waals surface area contributed by atoms with Gasteiger partial charge in [0.1, 0.15) is 11.6 Å². The lowest BCUT2D eigenvalue weighted by molar-refractivity contribution is 0.615. The summed E-state index contributed by atoms with van der Waals surface area (Å²) in [6, 6.07) is 7.62. The van der Waals surface area contributed by atoms with Gasteiger partial charge in [0.2, 0.25) is 0 Å². The van der Waals surface area contributed by atoms with E-state index in [1.807, 2.05) is 45.2 Å². The number of rotatable bonds is 6. The SMILES string of the molecule is CCN=C1CN(c2ncc(-c3cccc(CC)c3F)cc2CNC)C1. The molecule has 0 atom stereocenters. The number of anilines is 1. The lowest BCUT2D eigenvalue weighted by Gasteiger charge is -2.35. The third kappa shape index (κ3) is 3.56. The Bertz CT molecular complexity index is 777. The van der Waals surface area contributed by atoms with E-state index < -0.39 is 0 Å². The van der Waals surface area contributed by atoms with Crippen molar-refractivity contribution >= 4 is 11.5 Å². The van der Waals surface area contributed by atoms with E-state index in [0.717, 1.165) is 42.1 Å². The van der Waals surface area contributed by atoms with Crippen LogP contribution in [0.2, 0.25) is 0 Å². The lowest BCUT2D eigenvalue weighted by atomic mass is 10.0. The number of pyridine rings is 1. The summed E-state index contributed by atoms with van der Waals surface area (Å²) in [6.07, 6.45) is 2.46. The van der Waals surface area contributed by atoms with E-state index >= 15 is 0 Å². The van der Waals surface area contributed by atoms with Crippen molar-refractivity contribution in [2.75, 3.05) is 31.6 Å². The molecule has 0 radical (unpaired) electrons. The van der Waals surface area contributed by atoms with Crippen LogP contribution in [0.4, 0.5) is 10.2 Å². The van der Waals surface area contributed by atoms with E-state index in [2.05, 4.69) is 20.2 Å². The number of halogens is 1. The summed E-state index contributed by atoms with van der Waals surface area (Å²) in [7, 11) is 1.91. The van der Waals surface area contributed by atoms with E-state index in [-0.39, 0.29) is 5.82 Å². The van der Waals surface area contributed by atoms with Gasteiger partial charge in [0.25, 0.3) is 0 Å². The summed E-state index contributed by atoms with van der Waals surface area (Å²) in [5, 5.41) is 3.19. The molecule has 1 aliphatic heterocycles. The highest BCUT2D eigenvalue weighted by Gasteiger charge is 2.25. The summed E-state index contributed by atoms with van der Waals surface area (Å²) in [5.74, 6) is 0.816. The van der Waals surface area contributed by atoms with Crippen LogP contribution >= 0.6 is 0 Å². The zero-order chi connectivity index (χ0) is 17.8. The summed E-state index contributed by atoms with van der Waals surface area (Å²) >= 11 is 0. The first-order chi connectivity index (χ1) is 12.2. The van der Waals surface area contributed by atoms with Crippen LogP contribution in [0.25, 0.3) is 11.1 Å². The fourth-order valence-corrected chi connectivity index (χ4v) is 3.20. The minimum absolute atomic E-state index is 0.142. The first kappa shape index (κ1) is 17.5. The molecule has 1 N–H and O–H groups in total. The zero-order valence-electron chi connectivity index (χ0n) is 15.1. The van der Waals surface area contributed by atoms with E-state index in [0.29, 0.717) is 18.5 Å². The molecule has 1 fully saturated rings. The molecular formula is C20H25FN4. The normalized spacial score (nSPS) is 13.8. The van der Waals surface area contributed by atoms with Gasteiger partial charge in [-0.2, -0.15) is 0 Å². The van der Waals surface area contributed by atoms with E-state index in [9.17, 15) is 4.39 Å². The number of hydrogen-bond acceptors (Lipinski definition) is 4. The maximum Gasteiger partial charge on any atom is 0.134 e. The quantitative estimate of drug-likeness (QED) is 0.876. The Labute approximate surface area is 148 Å². The van der Waals surface area contributed by atoms with Gasteiger partial charge in [-0.1, -0.05) is 25.1 Å². The molecule has 0 aliphatic carbocycles. The molecule has 2 aromatic rings. The van der Waals surface area contributed by atoms with Crippen LogP contribution in [0.15, 0.2) is 35.5 Å². The molecule has 0 unspecified atom stereocenters. The number of nitrogens with zero attached hydrogens (tertiary/aromatic N) is 3. The number of nitrogens with one attached hydrogen (secondary N) is 1. The lowest BCUT2D eigenvalue weighted by Crippen LogP contribution is -2.48. The van der Waals surface area contributed by atoms with Gasteiger partial charge in [0.15, 0.2) is 0 Å². The molecule has 1 aliphatic rings. The summed E-state index contributed by atoms with van der Waals surface area (Å²) in [4.78, 5) is 11.3. The third-order valence-corrected chi connectivity index (χ3v) is 4.51. The van der Waals surface area contributed by atoms with Crippen LogP contribution in [0, 0.1) is 5.82 Å². The minimum atomic E-state index is -0.142. The average molecular weight is 340 g/mol. The highest BCUT2D eigenvalue weighted by Crippen LogP contribution is 2.30. The monoisotopic (exact) mass is 340 g/mol. The second-order valence-corrected chi connectivity index (χ2v) is 6.27. The van der Waals surface area contributed by atoms with Crippen LogP contribution in [0.1, 0.15) is 25.0 Å². The molecule has 2 heterocycles. The van der Waals surface area contributed by atoms with Gasteiger partial charge in [-0.05, 0) is 32.0 Å². The fraction of sp³-hybridized carbons (Fsp3) is 0.400. The summed E-state index contributed by atoms with van der Waals surface area (Å²) in [5.41, 5.74) is 4.47. The predicted octanol–water partition coefficient (Wildman–Crippen LogP) is 3.45. The fourth-order valence-electron chi connectivity index (χ4n) is 3.20. The molecule has 1 saturated heterocycles. The van der Waals surface area contributed by atoms with Crippen molar-refractivity contribution in [2.45, 2.75) is 26.8 Å². The smallest absolute Gasteiger partial charge is 0.134 e. The molecule has 1 aromatic carbocycles. The van der Waals surface area contributed by atoms with Gasteiger partial charge >= 0.3 is 0 Å². The molecule has 4 nitrogen and oxygen atoms in total. The van der Waals surface area contributed by atoms with Crippen molar-refractivity contribution in [3.05, 3.63) is 47.4 Å². The van der Waals surface area contributed by atoms with E-state index in [1.54, 1.807) is 6.20 Å². The second-order valence-electron chi connectivity index (χ2n) is 6.27. The molecule has 0 spiro atoms. The van der Waals surface area contributed by atoms with E-state index in [1.165, 1.54) is 5.71 Å². The largest absolute Gasteiger partial charge is 0.345 e. The Hall–Kier alpha value is -2.27. The number of benzene rings is 1. The van der Waals surface area contributed by atoms with Crippen LogP contribution in [-0.4, -0.2) is 37.4 Å². The van der Waals surface area contributed by atoms with Crippen LogP contribution in [0.5, 0.6) is 0 Å². The predicted molar refractivity (Wildman–Crippen MR) is 102 cm³/mol. The van der Waals surface area contributed by atoms with Crippen LogP contribution < -0.4 is 10.2 Å². The van der Waals surface area contributed by atoms with Gasteiger partial charge in [-0.3, -0.25) is 4.99 Å². The number of aromatic nitrogens is 1. The highest BCUT2D eigenvalue weighted by atomic mass is 19.1. The molecule has 0 amide bonds. The topological polar surface area (TPSA) is 40.5 Å². The maximum atomic E-state index is 14.7. The second kappa shape index (κ2) is 7.74. The van der Waals surface area contributed by atoms with Gasteiger partial charge in [-0.25, -0.2) is 9.37 Å². The molecule has 1 aromatic heterocycles. The number of aryl methyl sites for hydroxylation is 1. The van der Waals surface area contributed by atoms with Crippen molar-refractivity contribution in [2.24, 2.45) is 4.99 Å². The first-order valence-corrected chi connectivity index (χ1v) is 8.86. The van der Waals surface area contributed by atoms with Crippen molar-refractivity contribution in [1.82, 2.24) is 10.3 Å². The molecular weight excluding hydrogens is 315 g/mol. The number of hydrogen-bond donors (Lipinski definition) is 1. The molecule has 132 valence electrons. The first-order valence-electron chi connectivity index (χ1n) is 8.86. The van der Waals surface area contributed by atoms with Gasteiger partial charge in [0.05, 0.1) is 18.8 Å². The highest BCUT2D eigenvalue weighted by molar-refractivity contribution is 5.99. The molecule has 0 saturated carbocycles. The van der Waals surface area contributed by atoms with Gasteiger partial charge < -0.3 is 10.2 Å². The third-order valence-electron chi connectivity index (χ3n) is 4.51. The molecule has 25 heavy (non-hydrogen) atoms. The van der Waals surface area contributed by atoms with Crippen molar-refractivity contribution in [1.29, 1.82) is 0 Å². The summed E-state index contributed by atoms with van der Waals surface area (Å²) in [6.45, 7) is 7.20. The van der Waals surface area contributed by atoms with E-state index in [4.69, 9.17) is 0 Å². The van der Waals surface area contributed by atoms with Crippen molar-refractivity contribution in [3.8, 4) is 11.1 Å². The molecule has 0 bridgehead atoms. The Morgan fingerprint density at radius 1 is 1.24 bits per heavy atom. The Kier molecular flexibility index (Phi) is 5.43. The molecule has 5 heteroatoms. The summed E-state index contributed by atoms with van der Waals surface area (Å²) < 4.78 is 14.7.